The van der Waals surface area contributed by atoms with Crippen molar-refractivity contribution in [3.63, 3.8) is 0 Å². The van der Waals surface area contributed by atoms with Crippen molar-refractivity contribution in [2.24, 2.45) is 0 Å². The second kappa shape index (κ2) is 6.26. The van der Waals surface area contributed by atoms with Gasteiger partial charge in [0.05, 0.1) is 26.5 Å². The fourth-order valence-corrected chi connectivity index (χ4v) is 3.94. The summed E-state index contributed by atoms with van der Waals surface area (Å²) in [6.07, 6.45) is 0.0979. The number of pyridine rings is 1. The quantitative estimate of drug-likeness (QED) is 0.404. The lowest BCUT2D eigenvalue weighted by Gasteiger charge is -2.07. The van der Waals surface area contributed by atoms with E-state index < -0.39 is 20.2 Å². The zero-order valence-electron chi connectivity index (χ0n) is 12.9. The molecule has 0 aliphatic heterocycles. The molecule has 130 valence electrons. The van der Waals surface area contributed by atoms with Crippen LogP contribution >= 0.6 is 0 Å². The van der Waals surface area contributed by atoms with Crippen molar-refractivity contribution in [1.29, 1.82) is 0 Å². The highest BCUT2D eigenvalue weighted by molar-refractivity contribution is 7.91. The Morgan fingerprint density at radius 1 is 1.08 bits per heavy atom. The number of non-ortho nitro benzene ring substituents is 1. The van der Waals surface area contributed by atoms with Crippen LogP contribution in [0.3, 0.4) is 0 Å². The van der Waals surface area contributed by atoms with Gasteiger partial charge < -0.3 is 10.1 Å². The van der Waals surface area contributed by atoms with Gasteiger partial charge in [0.15, 0.2) is 15.3 Å². The summed E-state index contributed by atoms with van der Waals surface area (Å²) in [6.45, 7) is -0.248. The van der Waals surface area contributed by atoms with E-state index in [1.165, 1.54) is 36.4 Å². The van der Waals surface area contributed by atoms with E-state index >= 15 is 0 Å². The third-order valence-corrected chi connectivity index (χ3v) is 5.69. The van der Waals surface area contributed by atoms with Gasteiger partial charge in [-0.2, -0.15) is 0 Å². The summed E-state index contributed by atoms with van der Waals surface area (Å²) in [7, 11) is -3.63. The fourth-order valence-electron chi connectivity index (χ4n) is 2.62. The lowest BCUT2D eigenvalue weighted by molar-refractivity contribution is -0.384. The second-order valence-electron chi connectivity index (χ2n) is 5.54. The Kier molecular flexibility index (Phi) is 4.27. The number of nitrogens with one attached hydrogen (secondary N) is 1. The Balaban J connectivity index is 2.25. The molecule has 0 amide bonds. The summed E-state index contributed by atoms with van der Waals surface area (Å²) in [5.41, 5.74) is 0.169. The first-order chi connectivity index (χ1) is 11.8. The van der Waals surface area contributed by atoms with E-state index in [1.54, 1.807) is 0 Å². The maximum atomic E-state index is 12.7. The van der Waals surface area contributed by atoms with Crippen LogP contribution in [0.25, 0.3) is 21.8 Å². The third kappa shape index (κ3) is 3.11. The topological polar surface area (TPSA) is 130 Å². The van der Waals surface area contributed by atoms with Gasteiger partial charge in [-0.05, 0) is 30.7 Å². The molecular weight excluding hydrogens is 348 g/mol. The number of benzene rings is 2. The molecule has 0 unspecified atom stereocenters. The molecule has 1 aromatic heterocycles. The molecule has 0 saturated heterocycles. The van der Waals surface area contributed by atoms with Gasteiger partial charge in [0.25, 0.3) is 5.69 Å². The van der Waals surface area contributed by atoms with Crippen molar-refractivity contribution in [3.05, 3.63) is 56.7 Å². The van der Waals surface area contributed by atoms with Crippen molar-refractivity contribution in [2.75, 3.05) is 12.4 Å². The zero-order valence-corrected chi connectivity index (χ0v) is 13.7. The Labute approximate surface area is 141 Å². The van der Waals surface area contributed by atoms with Gasteiger partial charge in [-0.3, -0.25) is 14.9 Å². The highest BCUT2D eigenvalue weighted by atomic mass is 32.2. The number of H-pyrrole nitrogens is 1. The molecule has 0 fully saturated rings. The number of aliphatic hydroxyl groups is 1. The number of hydrogen-bond acceptors (Lipinski definition) is 6. The molecule has 0 atom stereocenters. The van der Waals surface area contributed by atoms with Crippen LogP contribution in [0.1, 0.15) is 6.42 Å². The van der Waals surface area contributed by atoms with E-state index in [1.807, 2.05) is 0 Å². The van der Waals surface area contributed by atoms with E-state index in [4.69, 9.17) is 5.11 Å². The Morgan fingerprint density at radius 3 is 2.36 bits per heavy atom. The Bertz CT molecular complexity index is 1150. The summed E-state index contributed by atoms with van der Waals surface area (Å²) in [5, 5.41) is 20.0. The number of rotatable bonds is 5. The number of aromatic amines is 1. The first-order valence-corrected chi connectivity index (χ1v) is 9.06. The van der Waals surface area contributed by atoms with Crippen molar-refractivity contribution in [2.45, 2.75) is 11.3 Å². The molecule has 9 heteroatoms. The smallest absolute Gasteiger partial charge is 0.270 e. The van der Waals surface area contributed by atoms with E-state index in [0.29, 0.717) is 11.0 Å². The van der Waals surface area contributed by atoms with Gasteiger partial charge in [-0.25, -0.2) is 8.42 Å². The maximum Gasteiger partial charge on any atom is 0.270 e. The number of aliphatic hydroxyl groups excluding tert-OH is 1. The van der Waals surface area contributed by atoms with Crippen LogP contribution in [0.2, 0.25) is 0 Å². The van der Waals surface area contributed by atoms with Crippen LogP contribution in [0.15, 0.2) is 46.1 Å². The van der Waals surface area contributed by atoms with E-state index in [0.717, 1.165) is 0 Å². The SMILES string of the molecule is O=c1c2cc([N+](=O)[O-])ccc2[nH]c2ccc(S(=O)(=O)CCCO)cc12. The average molecular weight is 362 g/mol. The Morgan fingerprint density at radius 2 is 1.72 bits per heavy atom. The lowest BCUT2D eigenvalue weighted by Crippen LogP contribution is -2.10. The average Bonchev–Trinajstić information content (AvgIpc) is 2.59. The molecule has 0 saturated carbocycles. The molecule has 0 spiro atoms. The maximum absolute atomic E-state index is 12.7. The minimum atomic E-state index is -3.63. The number of nitro groups is 1. The summed E-state index contributed by atoms with van der Waals surface area (Å²) in [5.74, 6) is -0.230. The molecule has 3 rings (SSSR count). The molecule has 2 aromatic carbocycles. The second-order valence-corrected chi connectivity index (χ2v) is 7.65. The molecule has 2 N–H and O–H groups in total. The number of fused-ring (bicyclic) bond motifs is 2. The summed E-state index contributed by atoms with van der Waals surface area (Å²) in [4.78, 5) is 25.9. The first-order valence-electron chi connectivity index (χ1n) is 7.41. The largest absolute Gasteiger partial charge is 0.396 e. The highest BCUT2D eigenvalue weighted by Gasteiger charge is 2.17. The minimum absolute atomic E-state index is 0.0243. The third-order valence-electron chi connectivity index (χ3n) is 3.89. The number of hydrogen-bond donors (Lipinski definition) is 2. The van der Waals surface area contributed by atoms with Crippen LogP contribution in [-0.4, -0.2) is 35.8 Å². The predicted octanol–water partition coefficient (Wildman–Crippen LogP) is 1.75. The van der Waals surface area contributed by atoms with Crippen LogP contribution < -0.4 is 5.43 Å². The monoisotopic (exact) mass is 362 g/mol. The number of aromatic nitrogens is 1. The van der Waals surface area contributed by atoms with Crippen LogP contribution in [0.5, 0.6) is 0 Å². The summed E-state index contributed by atoms with van der Waals surface area (Å²) in [6, 6.07) is 8.04. The van der Waals surface area contributed by atoms with Crippen molar-refractivity contribution in [3.8, 4) is 0 Å². The molecule has 0 bridgehead atoms. The molecule has 25 heavy (non-hydrogen) atoms. The summed E-state index contributed by atoms with van der Waals surface area (Å²) < 4.78 is 24.5. The molecule has 0 radical (unpaired) electrons. The van der Waals surface area contributed by atoms with E-state index in [9.17, 15) is 23.3 Å². The van der Waals surface area contributed by atoms with E-state index in [-0.39, 0.29) is 40.1 Å². The van der Waals surface area contributed by atoms with Crippen molar-refractivity contribution >= 4 is 37.3 Å². The van der Waals surface area contributed by atoms with Crippen LogP contribution in [0, 0.1) is 10.1 Å². The minimum Gasteiger partial charge on any atom is -0.396 e. The fraction of sp³-hybridized carbons (Fsp3) is 0.188. The lowest BCUT2D eigenvalue weighted by atomic mass is 10.1. The first kappa shape index (κ1) is 17.1. The highest BCUT2D eigenvalue weighted by Crippen LogP contribution is 2.22. The zero-order chi connectivity index (χ0) is 18.2. The van der Waals surface area contributed by atoms with Gasteiger partial charge in [-0.1, -0.05) is 0 Å². The van der Waals surface area contributed by atoms with Gasteiger partial charge in [-0.15, -0.1) is 0 Å². The standard InChI is InChI=1S/C16H14N2O6S/c19-6-1-7-25(23,24)11-3-5-15-13(9-11)16(20)12-8-10(18(21)22)2-4-14(12)17-15/h2-5,8-9,19H,1,6-7H2,(H,17,20). The number of sulfone groups is 1. The van der Waals surface area contributed by atoms with Crippen molar-refractivity contribution in [1.82, 2.24) is 4.98 Å². The normalized spacial score (nSPS) is 11.9. The predicted molar refractivity (Wildman–Crippen MR) is 92.5 cm³/mol. The Hall–Kier alpha value is -2.78. The molecule has 1 heterocycles. The molecule has 0 aliphatic carbocycles. The van der Waals surface area contributed by atoms with Gasteiger partial charge >= 0.3 is 0 Å². The molecular formula is C16H14N2O6S. The molecule has 3 aromatic rings. The van der Waals surface area contributed by atoms with Crippen molar-refractivity contribution < 1.29 is 18.4 Å². The molecule has 0 aliphatic rings. The van der Waals surface area contributed by atoms with Crippen LogP contribution in [0.4, 0.5) is 5.69 Å². The van der Waals surface area contributed by atoms with Gasteiger partial charge in [0, 0.05) is 29.6 Å². The van der Waals surface area contributed by atoms with Crippen LogP contribution in [-0.2, 0) is 9.84 Å². The summed E-state index contributed by atoms with van der Waals surface area (Å²) >= 11 is 0. The number of nitro benzene ring substituents is 1. The molecule has 8 nitrogen and oxygen atoms in total. The number of nitrogens with zero attached hydrogens (tertiary/aromatic N) is 1. The van der Waals surface area contributed by atoms with Gasteiger partial charge in [0.2, 0.25) is 0 Å². The van der Waals surface area contributed by atoms with Gasteiger partial charge in [0.1, 0.15) is 0 Å². The van der Waals surface area contributed by atoms with E-state index in [2.05, 4.69) is 4.98 Å².